The second-order valence-electron chi connectivity index (χ2n) is 3.60. The summed E-state index contributed by atoms with van der Waals surface area (Å²) in [5.74, 6) is 0.837. The summed E-state index contributed by atoms with van der Waals surface area (Å²) in [7, 11) is 1.66. The lowest BCUT2D eigenvalue weighted by molar-refractivity contribution is -0.108. The summed E-state index contributed by atoms with van der Waals surface area (Å²) in [6.07, 6.45) is 0.967. The molecule has 2 nitrogen and oxygen atoms in total. The molecule has 0 aliphatic heterocycles. The molecular weight excluding hydrogens is 176 g/mol. The van der Waals surface area contributed by atoms with Gasteiger partial charge in [0.15, 0.2) is 0 Å². The van der Waals surface area contributed by atoms with E-state index in [0.29, 0.717) is 0 Å². The average Bonchev–Trinajstić information content (AvgIpc) is 2.19. The highest BCUT2D eigenvalue weighted by atomic mass is 16.5. The van der Waals surface area contributed by atoms with Crippen molar-refractivity contribution < 1.29 is 9.53 Å². The molecule has 1 atom stereocenters. The maximum Gasteiger partial charge on any atom is 0.127 e. The third-order valence-corrected chi connectivity index (χ3v) is 2.48. The number of methoxy groups -OCH3 is 1. The molecule has 1 aromatic rings. The summed E-state index contributed by atoms with van der Waals surface area (Å²) in [5.41, 5.74) is 3.26. The van der Waals surface area contributed by atoms with Gasteiger partial charge in [0.2, 0.25) is 0 Å². The number of hydrogen-bond donors (Lipinski definition) is 0. The molecule has 0 bridgehead atoms. The van der Waals surface area contributed by atoms with E-state index in [1.54, 1.807) is 7.11 Å². The highest BCUT2D eigenvalue weighted by Crippen LogP contribution is 2.26. The first-order chi connectivity index (χ1) is 6.60. The standard InChI is InChI=1S/C12H16O2/c1-8-6-12(14-4)9(2)5-11(8)10(3)7-13/h5-7,10H,1-4H3. The van der Waals surface area contributed by atoms with Crippen molar-refractivity contribution in [1.29, 1.82) is 0 Å². The minimum Gasteiger partial charge on any atom is -0.496 e. The van der Waals surface area contributed by atoms with E-state index >= 15 is 0 Å². The van der Waals surface area contributed by atoms with Crippen LogP contribution >= 0.6 is 0 Å². The van der Waals surface area contributed by atoms with Crippen LogP contribution in [0, 0.1) is 13.8 Å². The van der Waals surface area contributed by atoms with Crippen molar-refractivity contribution in [2.24, 2.45) is 0 Å². The summed E-state index contributed by atoms with van der Waals surface area (Å²) in [4.78, 5) is 10.7. The summed E-state index contributed by atoms with van der Waals surface area (Å²) in [6, 6.07) is 4.00. The van der Waals surface area contributed by atoms with Gasteiger partial charge in [0, 0.05) is 5.92 Å². The van der Waals surface area contributed by atoms with Crippen LogP contribution in [0.2, 0.25) is 0 Å². The van der Waals surface area contributed by atoms with Gasteiger partial charge < -0.3 is 9.53 Å². The fourth-order valence-electron chi connectivity index (χ4n) is 1.60. The van der Waals surface area contributed by atoms with Crippen LogP contribution in [-0.4, -0.2) is 13.4 Å². The Kier molecular flexibility index (Phi) is 3.28. The van der Waals surface area contributed by atoms with E-state index < -0.39 is 0 Å². The zero-order valence-corrected chi connectivity index (χ0v) is 9.13. The topological polar surface area (TPSA) is 26.3 Å². The number of aryl methyl sites for hydroxylation is 2. The molecule has 0 aliphatic carbocycles. The molecule has 0 fully saturated rings. The summed E-state index contributed by atoms with van der Waals surface area (Å²) in [6.45, 7) is 5.89. The molecule has 2 heteroatoms. The minimum absolute atomic E-state index is 0.0420. The molecule has 0 aliphatic rings. The number of carbonyl (C=O) groups excluding carboxylic acids is 1. The smallest absolute Gasteiger partial charge is 0.127 e. The first kappa shape index (κ1) is 10.8. The van der Waals surface area contributed by atoms with E-state index in [9.17, 15) is 4.79 Å². The molecule has 0 heterocycles. The normalized spacial score (nSPS) is 12.3. The third kappa shape index (κ3) is 1.95. The van der Waals surface area contributed by atoms with Crippen LogP contribution in [0.25, 0.3) is 0 Å². The van der Waals surface area contributed by atoms with Crippen molar-refractivity contribution in [2.45, 2.75) is 26.7 Å². The Balaban J connectivity index is 3.21. The number of ether oxygens (including phenoxy) is 1. The Morgan fingerprint density at radius 2 is 1.93 bits per heavy atom. The largest absolute Gasteiger partial charge is 0.496 e. The van der Waals surface area contributed by atoms with E-state index in [4.69, 9.17) is 4.74 Å². The SMILES string of the molecule is COc1cc(C)c(C(C)C=O)cc1C. The van der Waals surface area contributed by atoms with Crippen molar-refractivity contribution in [1.82, 2.24) is 0 Å². The zero-order chi connectivity index (χ0) is 10.7. The van der Waals surface area contributed by atoms with Gasteiger partial charge in [-0.1, -0.05) is 13.0 Å². The summed E-state index contributed by atoms with van der Waals surface area (Å²) < 4.78 is 5.21. The minimum atomic E-state index is -0.0420. The lowest BCUT2D eigenvalue weighted by Gasteiger charge is -2.12. The highest BCUT2D eigenvalue weighted by Gasteiger charge is 2.10. The predicted molar refractivity (Wildman–Crippen MR) is 56.9 cm³/mol. The average molecular weight is 192 g/mol. The molecule has 1 aromatic carbocycles. The molecule has 76 valence electrons. The van der Waals surface area contributed by atoms with Gasteiger partial charge in [0.05, 0.1) is 7.11 Å². The first-order valence-electron chi connectivity index (χ1n) is 4.70. The zero-order valence-electron chi connectivity index (χ0n) is 9.13. The molecule has 0 amide bonds. The van der Waals surface area contributed by atoms with Crippen molar-refractivity contribution in [2.75, 3.05) is 7.11 Å². The Bertz CT molecular complexity index is 342. The lowest BCUT2D eigenvalue weighted by atomic mass is 9.95. The molecular formula is C12H16O2. The molecule has 14 heavy (non-hydrogen) atoms. The van der Waals surface area contributed by atoms with E-state index in [2.05, 4.69) is 0 Å². The van der Waals surface area contributed by atoms with Crippen molar-refractivity contribution >= 4 is 6.29 Å². The predicted octanol–water partition coefficient (Wildman–Crippen LogP) is 2.61. The van der Waals surface area contributed by atoms with E-state index in [1.165, 1.54) is 0 Å². The van der Waals surface area contributed by atoms with Crippen molar-refractivity contribution in [3.05, 3.63) is 28.8 Å². The highest BCUT2D eigenvalue weighted by molar-refractivity contribution is 5.63. The van der Waals surface area contributed by atoms with Gasteiger partial charge in [-0.05, 0) is 36.6 Å². The molecule has 0 N–H and O–H groups in total. The van der Waals surface area contributed by atoms with Crippen LogP contribution in [0.3, 0.4) is 0 Å². The summed E-state index contributed by atoms with van der Waals surface area (Å²) in [5, 5.41) is 0. The number of carbonyl (C=O) groups is 1. The van der Waals surface area contributed by atoms with Crippen molar-refractivity contribution in [3.63, 3.8) is 0 Å². The maximum absolute atomic E-state index is 10.7. The molecule has 0 radical (unpaired) electrons. The number of hydrogen-bond acceptors (Lipinski definition) is 2. The van der Waals surface area contributed by atoms with Crippen LogP contribution in [0.5, 0.6) is 5.75 Å². The Morgan fingerprint density at radius 3 is 2.43 bits per heavy atom. The van der Waals surface area contributed by atoms with Crippen LogP contribution in [-0.2, 0) is 4.79 Å². The molecule has 1 unspecified atom stereocenters. The maximum atomic E-state index is 10.7. The molecule has 0 aromatic heterocycles. The third-order valence-electron chi connectivity index (χ3n) is 2.48. The van der Waals surface area contributed by atoms with Crippen molar-refractivity contribution in [3.8, 4) is 5.75 Å². The number of rotatable bonds is 3. The fraction of sp³-hybridized carbons (Fsp3) is 0.417. The van der Waals surface area contributed by atoms with Gasteiger partial charge in [0.1, 0.15) is 12.0 Å². The molecule has 0 spiro atoms. The fourth-order valence-corrected chi connectivity index (χ4v) is 1.60. The van der Waals surface area contributed by atoms with Crippen LogP contribution < -0.4 is 4.74 Å². The second-order valence-corrected chi connectivity index (χ2v) is 3.60. The molecule has 1 rings (SSSR count). The van der Waals surface area contributed by atoms with Gasteiger partial charge in [-0.25, -0.2) is 0 Å². The number of aldehydes is 1. The van der Waals surface area contributed by atoms with Gasteiger partial charge in [0.25, 0.3) is 0 Å². The second kappa shape index (κ2) is 4.27. The molecule has 0 saturated carbocycles. The first-order valence-corrected chi connectivity index (χ1v) is 4.70. The quantitative estimate of drug-likeness (QED) is 0.688. The van der Waals surface area contributed by atoms with Gasteiger partial charge in [-0.2, -0.15) is 0 Å². The summed E-state index contributed by atoms with van der Waals surface area (Å²) >= 11 is 0. The van der Waals surface area contributed by atoms with Gasteiger partial charge in [-0.3, -0.25) is 0 Å². The van der Waals surface area contributed by atoms with Gasteiger partial charge in [-0.15, -0.1) is 0 Å². The van der Waals surface area contributed by atoms with Crippen LogP contribution in [0.1, 0.15) is 29.5 Å². The number of benzene rings is 1. The van der Waals surface area contributed by atoms with E-state index in [-0.39, 0.29) is 5.92 Å². The molecule has 0 saturated heterocycles. The van der Waals surface area contributed by atoms with Crippen LogP contribution in [0.4, 0.5) is 0 Å². The lowest BCUT2D eigenvalue weighted by Crippen LogP contribution is -1.99. The Labute approximate surface area is 84.9 Å². The van der Waals surface area contributed by atoms with Gasteiger partial charge >= 0.3 is 0 Å². The van der Waals surface area contributed by atoms with E-state index in [1.807, 2.05) is 32.9 Å². The monoisotopic (exact) mass is 192 g/mol. The van der Waals surface area contributed by atoms with E-state index in [0.717, 1.165) is 28.7 Å². The Morgan fingerprint density at radius 1 is 1.29 bits per heavy atom. The van der Waals surface area contributed by atoms with Crippen LogP contribution in [0.15, 0.2) is 12.1 Å². The Hall–Kier alpha value is -1.31.